The van der Waals surface area contributed by atoms with E-state index in [4.69, 9.17) is 5.73 Å². The number of aromatic nitrogens is 2. The zero-order chi connectivity index (χ0) is 12.3. The summed E-state index contributed by atoms with van der Waals surface area (Å²) in [6.07, 6.45) is 0.837. The Kier molecular flexibility index (Phi) is 3.59. The van der Waals surface area contributed by atoms with Gasteiger partial charge in [0.15, 0.2) is 0 Å². The molecule has 1 heterocycles. The predicted molar refractivity (Wildman–Crippen MR) is 70.9 cm³/mol. The molecule has 0 aliphatic heterocycles. The summed E-state index contributed by atoms with van der Waals surface area (Å²) in [5.41, 5.74) is 8.98. The van der Waals surface area contributed by atoms with Gasteiger partial charge in [0.05, 0.1) is 5.69 Å². The van der Waals surface area contributed by atoms with Crippen molar-refractivity contribution in [3.8, 4) is 11.3 Å². The molecule has 0 atom stereocenters. The van der Waals surface area contributed by atoms with Crippen LogP contribution in [0, 0.1) is 0 Å². The first kappa shape index (κ1) is 11.9. The van der Waals surface area contributed by atoms with Crippen LogP contribution in [0.1, 0.15) is 31.3 Å². The normalized spacial score (nSPS) is 11.1. The van der Waals surface area contributed by atoms with E-state index in [-0.39, 0.29) is 0 Å². The molecule has 0 aliphatic rings. The van der Waals surface area contributed by atoms with Gasteiger partial charge in [-0.25, -0.2) is 4.98 Å². The second kappa shape index (κ2) is 5.15. The van der Waals surface area contributed by atoms with Gasteiger partial charge in [-0.15, -0.1) is 0 Å². The van der Waals surface area contributed by atoms with Gasteiger partial charge in [-0.2, -0.15) is 0 Å². The van der Waals surface area contributed by atoms with Crippen molar-refractivity contribution in [1.82, 2.24) is 9.97 Å². The van der Waals surface area contributed by atoms with Crippen molar-refractivity contribution in [1.29, 1.82) is 0 Å². The second-order valence-electron chi connectivity index (χ2n) is 4.51. The molecule has 3 N–H and O–H groups in total. The summed E-state index contributed by atoms with van der Waals surface area (Å²) in [5.74, 6) is 1.44. The van der Waals surface area contributed by atoms with Crippen molar-refractivity contribution in [3.05, 3.63) is 41.9 Å². The Morgan fingerprint density at radius 3 is 2.53 bits per heavy atom. The largest absolute Gasteiger partial charge is 0.345 e. The Hall–Kier alpha value is -1.61. The van der Waals surface area contributed by atoms with Crippen LogP contribution in [0.4, 0.5) is 0 Å². The van der Waals surface area contributed by atoms with Gasteiger partial charge in [-0.1, -0.05) is 44.2 Å². The number of nitrogens with two attached hydrogens (primary N) is 1. The summed E-state index contributed by atoms with van der Waals surface area (Å²) >= 11 is 0. The number of H-pyrrole nitrogens is 1. The van der Waals surface area contributed by atoms with Crippen molar-refractivity contribution in [2.24, 2.45) is 5.73 Å². The molecule has 0 amide bonds. The Morgan fingerprint density at radius 2 is 1.94 bits per heavy atom. The number of nitrogens with one attached hydrogen (secondary N) is 1. The van der Waals surface area contributed by atoms with E-state index in [9.17, 15) is 0 Å². The van der Waals surface area contributed by atoms with Gasteiger partial charge in [0.1, 0.15) is 5.82 Å². The van der Waals surface area contributed by atoms with E-state index in [2.05, 4.69) is 35.9 Å². The lowest BCUT2D eigenvalue weighted by Gasteiger charge is -2.00. The van der Waals surface area contributed by atoms with E-state index in [1.807, 2.05) is 18.2 Å². The molecule has 0 spiro atoms. The van der Waals surface area contributed by atoms with Crippen LogP contribution in [-0.2, 0) is 6.42 Å². The SMILES string of the molecule is CC(C)c1nc(-c2ccccc2)c(CCN)[nH]1. The van der Waals surface area contributed by atoms with Crippen LogP contribution in [0.5, 0.6) is 0 Å². The second-order valence-corrected chi connectivity index (χ2v) is 4.51. The molecule has 0 saturated carbocycles. The van der Waals surface area contributed by atoms with Gasteiger partial charge >= 0.3 is 0 Å². The van der Waals surface area contributed by atoms with Crippen LogP contribution in [0.15, 0.2) is 30.3 Å². The minimum absolute atomic E-state index is 0.406. The fourth-order valence-electron chi connectivity index (χ4n) is 1.86. The van der Waals surface area contributed by atoms with Gasteiger partial charge in [0.25, 0.3) is 0 Å². The third kappa shape index (κ3) is 2.56. The molecule has 3 nitrogen and oxygen atoms in total. The molecule has 2 aromatic rings. The first-order valence-electron chi connectivity index (χ1n) is 6.06. The lowest BCUT2D eigenvalue weighted by atomic mass is 10.1. The lowest BCUT2D eigenvalue weighted by molar-refractivity contribution is 0.786. The predicted octanol–water partition coefficient (Wildman–Crippen LogP) is 2.70. The molecule has 0 radical (unpaired) electrons. The summed E-state index contributed by atoms with van der Waals surface area (Å²) in [4.78, 5) is 8.08. The summed E-state index contributed by atoms with van der Waals surface area (Å²) in [6.45, 7) is 4.92. The van der Waals surface area contributed by atoms with E-state index in [1.54, 1.807) is 0 Å². The van der Waals surface area contributed by atoms with Gasteiger partial charge in [-0.3, -0.25) is 0 Å². The van der Waals surface area contributed by atoms with E-state index < -0.39 is 0 Å². The van der Waals surface area contributed by atoms with Gasteiger partial charge in [-0.05, 0) is 6.54 Å². The average molecular weight is 229 g/mol. The third-order valence-electron chi connectivity index (χ3n) is 2.79. The molecule has 3 heteroatoms. The molecule has 0 aliphatic carbocycles. The van der Waals surface area contributed by atoms with Crippen LogP contribution in [0.3, 0.4) is 0 Å². The molecular formula is C14H19N3. The van der Waals surface area contributed by atoms with Crippen molar-refractivity contribution in [2.75, 3.05) is 6.54 Å². The van der Waals surface area contributed by atoms with Crippen molar-refractivity contribution < 1.29 is 0 Å². The highest BCUT2D eigenvalue weighted by Gasteiger charge is 2.13. The first-order valence-corrected chi connectivity index (χ1v) is 6.06. The van der Waals surface area contributed by atoms with Gasteiger partial charge < -0.3 is 10.7 Å². The van der Waals surface area contributed by atoms with Crippen molar-refractivity contribution in [2.45, 2.75) is 26.2 Å². The number of hydrogen-bond acceptors (Lipinski definition) is 2. The standard InChI is InChI=1S/C14H19N3/c1-10(2)14-16-12(8-9-15)13(17-14)11-6-4-3-5-7-11/h3-7,10H,8-9,15H2,1-2H3,(H,16,17). The molecule has 90 valence electrons. The van der Waals surface area contributed by atoms with Crippen molar-refractivity contribution in [3.63, 3.8) is 0 Å². The monoisotopic (exact) mass is 229 g/mol. The lowest BCUT2D eigenvalue weighted by Crippen LogP contribution is -2.04. The van der Waals surface area contributed by atoms with Crippen LogP contribution in [0.25, 0.3) is 11.3 Å². The van der Waals surface area contributed by atoms with Gasteiger partial charge in [0, 0.05) is 23.6 Å². The number of hydrogen-bond donors (Lipinski definition) is 2. The maximum Gasteiger partial charge on any atom is 0.109 e. The highest BCUT2D eigenvalue weighted by Crippen LogP contribution is 2.24. The molecule has 1 aromatic carbocycles. The molecule has 17 heavy (non-hydrogen) atoms. The fraction of sp³-hybridized carbons (Fsp3) is 0.357. The van der Waals surface area contributed by atoms with Crippen molar-refractivity contribution >= 4 is 0 Å². The van der Waals surface area contributed by atoms with Crippen LogP contribution in [0.2, 0.25) is 0 Å². The number of nitrogens with zero attached hydrogens (tertiary/aromatic N) is 1. The molecule has 2 rings (SSSR count). The number of aromatic amines is 1. The number of benzene rings is 1. The molecular weight excluding hydrogens is 210 g/mol. The zero-order valence-electron chi connectivity index (χ0n) is 10.4. The first-order chi connectivity index (χ1) is 8.22. The summed E-state index contributed by atoms with van der Waals surface area (Å²) in [5, 5.41) is 0. The molecule has 0 saturated heterocycles. The van der Waals surface area contributed by atoms with E-state index in [1.165, 1.54) is 0 Å². The molecule has 0 fully saturated rings. The highest BCUT2D eigenvalue weighted by atomic mass is 14.9. The van der Waals surface area contributed by atoms with E-state index >= 15 is 0 Å². The Morgan fingerprint density at radius 1 is 1.24 bits per heavy atom. The Labute approximate surface area is 102 Å². The smallest absolute Gasteiger partial charge is 0.109 e. The molecule has 0 bridgehead atoms. The maximum atomic E-state index is 5.65. The summed E-state index contributed by atoms with van der Waals surface area (Å²) in [7, 11) is 0. The number of imidazole rings is 1. The van der Waals surface area contributed by atoms with Crippen LogP contribution in [-0.4, -0.2) is 16.5 Å². The zero-order valence-corrected chi connectivity index (χ0v) is 10.4. The third-order valence-corrected chi connectivity index (χ3v) is 2.79. The Balaban J connectivity index is 2.44. The number of rotatable bonds is 4. The Bertz CT molecular complexity index is 471. The average Bonchev–Trinajstić information content (AvgIpc) is 2.75. The molecule has 0 unspecified atom stereocenters. The topological polar surface area (TPSA) is 54.7 Å². The quantitative estimate of drug-likeness (QED) is 0.847. The summed E-state index contributed by atoms with van der Waals surface area (Å²) in [6, 6.07) is 10.2. The maximum absolute atomic E-state index is 5.65. The molecule has 1 aromatic heterocycles. The summed E-state index contributed by atoms with van der Waals surface area (Å²) < 4.78 is 0. The highest BCUT2D eigenvalue weighted by molar-refractivity contribution is 5.62. The van der Waals surface area contributed by atoms with E-state index in [0.717, 1.165) is 29.2 Å². The fourth-order valence-corrected chi connectivity index (χ4v) is 1.86. The van der Waals surface area contributed by atoms with E-state index in [0.29, 0.717) is 12.5 Å². The van der Waals surface area contributed by atoms with Crippen LogP contribution >= 0.6 is 0 Å². The van der Waals surface area contributed by atoms with Crippen LogP contribution < -0.4 is 5.73 Å². The van der Waals surface area contributed by atoms with Gasteiger partial charge in [0.2, 0.25) is 0 Å². The minimum Gasteiger partial charge on any atom is -0.345 e. The minimum atomic E-state index is 0.406.